The summed E-state index contributed by atoms with van der Waals surface area (Å²) in [6.07, 6.45) is 1.91. The van der Waals surface area contributed by atoms with Crippen molar-refractivity contribution in [1.82, 2.24) is 9.55 Å². The van der Waals surface area contributed by atoms with Crippen molar-refractivity contribution >= 4 is 33.4 Å². The Morgan fingerprint density at radius 2 is 1.83 bits per heavy atom. The Balaban J connectivity index is 1.85. The third-order valence-corrected chi connectivity index (χ3v) is 4.70. The summed E-state index contributed by atoms with van der Waals surface area (Å²) in [5, 5.41) is 3.31. The first-order valence-corrected chi connectivity index (χ1v) is 8.75. The molecule has 1 aromatic heterocycles. The molecule has 120 valence electrons. The number of fused-ring (bicyclic) bond motifs is 2. The third kappa shape index (κ3) is 2.67. The lowest BCUT2D eigenvalue weighted by Gasteiger charge is -2.10. The summed E-state index contributed by atoms with van der Waals surface area (Å²) < 4.78 is 2.33. The molecule has 0 saturated carbocycles. The van der Waals surface area contributed by atoms with E-state index in [0.717, 1.165) is 41.3 Å². The van der Waals surface area contributed by atoms with E-state index in [9.17, 15) is 0 Å². The molecular formula is C21H19ClN2. The molecule has 0 amide bonds. The van der Waals surface area contributed by atoms with E-state index in [4.69, 9.17) is 16.6 Å². The lowest BCUT2D eigenvalue weighted by molar-refractivity contribution is 0.665. The highest BCUT2D eigenvalue weighted by atomic mass is 35.5. The minimum absolute atomic E-state index is 0.736. The van der Waals surface area contributed by atoms with Gasteiger partial charge in [0.2, 0.25) is 0 Å². The Kier molecular flexibility index (Phi) is 3.99. The van der Waals surface area contributed by atoms with Crippen molar-refractivity contribution in [1.29, 1.82) is 0 Å². The van der Waals surface area contributed by atoms with E-state index < -0.39 is 0 Å². The molecule has 2 nitrogen and oxygen atoms in total. The van der Waals surface area contributed by atoms with Crippen molar-refractivity contribution in [3.05, 3.63) is 77.1 Å². The van der Waals surface area contributed by atoms with Crippen LogP contribution in [0.15, 0.2) is 60.7 Å². The van der Waals surface area contributed by atoms with Crippen molar-refractivity contribution in [2.24, 2.45) is 0 Å². The SMILES string of the molecule is CCCn1c(Cc2cccc3ccccc23)nc2cc(Cl)ccc21. The summed E-state index contributed by atoms with van der Waals surface area (Å²) in [5.41, 5.74) is 3.45. The van der Waals surface area contributed by atoms with Gasteiger partial charge in [-0.2, -0.15) is 0 Å². The van der Waals surface area contributed by atoms with Gasteiger partial charge in [-0.05, 0) is 41.0 Å². The number of rotatable bonds is 4. The number of imidazole rings is 1. The Morgan fingerprint density at radius 1 is 1.00 bits per heavy atom. The summed E-state index contributed by atoms with van der Waals surface area (Å²) in [6.45, 7) is 3.17. The van der Waals surface area contributed by atoms with E-state index in [2.05, 4.69) is 60.0 Å². The maximum atomic E-state index is 6.15. The standard InChI is InChI=1S/C21H19ClN2/c1-2-12-24-20-11-10-17(22)14-19(20)23-21(24)13-16-8-5-7-15-6-3-4-9-18(15)16/h3-11,14H,2,12-13H2,1H3. The molecule has 24 heavy (non-hydrogen) atoms. The minimum atomic E-state index is 0.736. The molecule has 0 aliphatic heterocycles. The van der Waals surface area contributed by atoms with Crippen molar-refractivity contribution < 1.29 is 0 Å². The minimum Gasteiger partial charge on any atom is -0.328 e. The summed E-state index contributed by atoms with van der Waals surface area (Å²) in [5.74, 6) is 1.10. The van der Waals surface area contributed by atoms with Crippen LogP contribution in [0.1, 0.15) is 24.7 Å². The zero-order valence-corrected chi connectivity index (χ0v) is 14.4. The number of nitrogens with zero attached hydrogens (tertiary/aromatic N) is 2. The molecule has 4 rings (SSSR count). The van der Waals surface area contributed by atoms with Crippen LogP contribution in [0.25, 0.3) is 21.8 Å². The molecule has 1 heterocycles. The maximum absolute atomic E-state index is 6.15. The van der Waals surface area contributed by atoms with Gasteiger partial charge in [0.15, 0.2) is 0 Å². The van der Waals surface area contributed by atoms with Crippen molar-refractivity contribution in [2.45, 2.75) is 26.3 Å². The topological polar surface area (TPSA) is 17.8 Å². The van der Waals surface area contributed by atoms with Crippen molar-refractivity contribution in [3.63, 3.8) is 0 Å². The van der Waals surface area contributed by atoms with Crippen molar-refractivity contribution in [2.75, 3.05) is 0 Å². The molecule has 0 aliphatic carbocycles. The van der Waals surface area contributed by atoms with E-state index >= 15 is 0 Å². The van der Waals surface area contributed by atoms with Crippen LogP contribution in [0.2, 0.25) is 5.02 Å². The van der Waals surface area contributed by atoms with Gasteiger partial charge in [0.05, 0.1) is 11.0 Å². The van der Waals surface area contributed by atoms with Gasteiger partial charge in [0, 0.05) is 18.0 Å². The molecule has 0 fully saturated rings. The van der Waals surface area contributed by atoms with Crippen LogP contribution < -0.4 is 0 Å². The summed E-state index contributed by atoms with van der Waals surface area (Å²) in [7, 11) is 0. The molecule has 0 bridgehead atoms. The average molecular weight is 335 g/mol. The molecule has 4 aromatic rings. The van der Waals surface area contributed by atoms with Crippen LogP contribution in [0.4, 0.5) is 0 Å². The Morgan fingerprint density at radius 3 is 2.71 bits per heavy atom. The average Bonchev–Trinajstić information content (AvgIpc) is 2.92. The molecule has 0 atom stereocenters. The third-order valence-electron chi connectivity index (χ3n) is 4.47. The fourth-order valence-corrected chi connectivity index (χ4v) is 3.54. The number of aryl methyl sites for hydroxylation is 1. The molecule has 3 aromatic carbocycles. The van der Waals surface area contributed by atoms with Crippen molar-refractivity contribution in [3.8, 4) is 0 Å². The molecular weight excluding hydrogens is 316 g/mol. The molecule has 0 spiro atoms. The van der Waals surface area contributed by atoms with Crippen LogP contribution in [0.5, 0.6) is 0 Å². The first kappa shape index (κ1) is 15.2. The van der Waals surface area contributed by atoms with Gasteiger partial charge in [-0.25, -0.2) is 4.98 Å². The molecule has 0 unspecified atom stereocenters. The Bertz CT molecular complexity index is 1010. The summed E-state index contributed by atoms with van der Waals surface area (Å²) in [6, 6.07) is 21.0. The molecule has 0 aliphatic rings. The summed E-state index contributed by atoms with van der Waals surface area (Å²) >= 11 is 6.15. The smallest absolute Gasteiger partial charge is 0.114 e. The van der Waals surface area contributed by atoms with E-state index in [1.807, 2.05) is 12.1 Å². The molecule has 3 heteroatoms. The van der Waals surface area contributed by atoms with E-state index in [-0.39, 0.29) is 0 Å². The second-order valence-electron chi connectivity index (χ2n) is 6.13. The van der Waals surface area contributed by atoms with E-state index in [1.165, 1.54) is 16.3 Å². The second-order valence-corrected chi connectivity index (χ2v) is 6.56. The molecule has 0 radical (unpaired) electrons. The number of halogens is 1. The van der Waals surface area contributed by atoms with E-state index in [0.29, 0.717) is 0 Å². The van der Waals surface area contributed by atoms with Gasteiger partial charge in [-0.1, -0.05) is 61.0 Å². The second kappa shape index (κ2) is 6.29. The quantitative estimate of drug-likeness (QED) is 0.458. The highest BCUT2D eigenvalue weighted by Gasteiger charge is 2.12. The van der Waals surface area contributed by atoms with Crippen LogP contribution in [-0.2, 0) is 13.0 Å². The lowest BCUT2D eigenvalue weighted by Crippen LogP contribution is -2.04. The summed E-state index contributed by atoms with van der Waals surface area (Å²) in [4.78, 5) is 4.87. The number of hydrogen-bond donors (Lipinski definition) is 0. The lowest BCUT2D eigenvalue weighted by atomic mass is 10.0. The molecule has 0 saturated heterocycles. The normalized spacial score (nSPS) is 11.4. The van der Waals surface area contributed by atoms with Crippen LogP contribution in [0, 0.1) is 0 Å². The zero-order valence-electron chi connectivity index (χ0n) is 13.7. The van der Waals surface area contributed by atoms with Gasteiger partial charge in [-0.15, -0.1) is 0 Å². The van der Waals surface area contributed by atoms with Gasteiger partial charge in [0.1, 0.15) is 5.82 Å². The Labute approximate surface area is 146 Å². The highest BCUT2D eigenvalue weighted by molar-refractivity contribution is 6.31. The molecule has 0 N–H and O–H groups in total. The van der Waals surface area contributed by atoms with Crippen LogP contribution in [0.3, 0.4) is 0 Å². The Hall–Kier alpha value is -2.32. The van der Waals surface area contributed by atoms with Gasteiger partial charge in [0.25, 0.3) is 0 Å². The predicted molar refractivity (Wildman–Crippen MR) is 102 cm³/mol. The first-order valence-electron chi connectivity index (χ1n) is 8.37. The number of aromatic nitrogens is 2. The fourth-order valence-electron chi connectivity index (χ4n) is 3.38. The maximum Gasteiger partial charge on any atom is 0.114 e. The number of benzene rings is 3. The highest BCUT2D eigenvalue weighted by Crippen LogP contribution is 2.25. The first-order chi connectivity index (χ1) is 11.8. The van der Waals surface area contributed by atoms with E-state index in [1.54, 1.807) is 0 Å². The monoisotopic (exact) mass is 334 g/mol. The van der Waals surface area contributed by atoms with Gasteiger partial charge in [-0.3, -0.25) is 0 Å². The van der Waals surface area contributed by atoms with Crippen LogP contribution >= 0.6 is 11.6 Å². The van der Waals surface area contributed by atoms with Crippen LogP contribution in [-0.4, -0.2) is 9.55 Å². The largest absolute Gasteiger partial charge is 0.328 e. The fraction of sp³-hybridized carbons (Fsp3) is 0.190. The zero-order chi connectivity index (χ0) is 16.5. The van der Waals surface area contributed by atoms with Gasteiger partial charge < -0.3 is 4.57 Å². The van der Waals surface area contributed by atoms with Gasteiger partial charge >= 0.3 is 0 Å². The number of hydrogen-bond acceptors (Lipinski definition) is 1. The predicted octanol–water partition coefficient (Wildman–Crippen LogP) is 5.84.